The average Bonchev–Trinajstić information content (AvgIpc) is 3.03. The van der Waals surface area contributed by atoms with Gasteiger partial charge in [-0.3, -0.25) is 14.3 Å². The van der Waals surface area contributed by atoms with E-state index >= 15 is 0 Å². The largest absolute Gasteiger partial charge is 0.468 e. The SMILES string of the molecule is CNC(CCc1cn(CCC(NC)C(=O)OC)nn1)C(=O)OC. The second-order valence-electron chi connectivity index (χ2n) is 5.03. The topological polar surface area (TPSA) is 107 Å². The van der Waals surface area contributed by atoms with Gasteiger partial charge < -0.3 is 20.1 Å². The number of carbonyl (C=O) groups excluding carboxylic acids is 2. The number of rotatable bonds is 10. The molecule has 2 unspecified atom stereocenters. The first-order valence-electron chi connectivity index (χ1n) is 7.44. The maximum atomic E-state index is 11.5. The summed E-state index contributed by atoms with van der Waals surface area (Å²) in [6.45, 7) is 0.542. The molecule has 1 aromatic rings. The minimum atomic E-state index is -0.374. The molecule has 0 spiro atoms. The third-order valence-electron chi connectivity index (χ3n) is 3.59. The first kappa shape index (κ1) is 19.0. The molecule has 0 saturated carbocycles. The molecule has 2 atom stereocenters. The van der Waals surface area contributed by atoms with Gasteiger partial charge in [0.15, 0.2) is 0 Å². The molecule has 23 heavy (non-hydrogen) atoms. The summed E-state index contributed by atoms with van der Waals surface area (Å²) in [5, 5.41) is 13.9. The third kappa shape index (κ3) is 5.95. The number of esters is 2. The van der Waals surface area contributed by atoms with Crippen LogP contribution in [0.4, 0.5) is 0 Å². The highest BCUT2D eigenvalue weighted by atomic mass is 16.5. The molecule has 1 aromatic heterocycles. The molecule has 0 fully saturated rings. The fourth-order valence-electron chi connectivity index (χ4n) is 2.16. The Morgan fingerprint density at radius 2 is 1.70 bits per heavy atom. The Kier molecular flexibility index (Phi) is 8.20. The number of hydrogen-bond donors (Lipinski definition) is 2. The van der Waals surface area contributed by atoms with E-state index < -0.39 is 0 Å². The van der Waals surface area contributed by atoms with E-state index in [-0.39, 0.29) is 24.0 Å². The molecule has 130 valence electrons. The molecule has 0 aliphatic carbocycles. The van der Waals surface area contributed by atoms with Crippen LogP contribution in [0.25, 0.3) is 0 Å². The number of likely N-dealkylation sites (N-methyl/N-ethyl adjacent to an activating group) is 2. The van der Waals surface area contributed by atoms with Gasteiger partial charge in [0, 0.05) is 12.7 Å². The fraction of sp³-hybridized carbons (Fsp3) is 0.714. The van der Waals surface area contributed by atoms with Gasteiger partial charge in [0.25, 0.3) is 0 Å². The van der Waals surface area contributed by atoms with Crippen molar-refractivity contribution in [3.8, 4) is 0 Å². The van der Waals surface area contributed by atoms with Crippen molar-refractivity contribution in [2.45, 2.75) is 37.9 Å². The van der Waals surface area contributed by atoms with Crippen molar-refractivity contribution in [2.75, 3.05) is 28.3 Å². The van der Waals surface area contributed by atoms with Crippen LogP contribution in [0.3, 0.4) is 0 Å². The van der Waals surface area contributed by atoms with Crippen molar-refractivity contribution in [1.82, 2.24) is 25.6 Å². The zero-order valence-corrected chi connectivity index (χ0v) is 14.0. The number of aromatic nitrogens is 3. The Bertz CT molecular complexity index is 463. The van der Waals surface area contributed by atoms with Crippen molar-refractivity contribution in [1.29, 1.82) is 0 Å². The zero-order chi connectivity index (χ0) is 17.2. The summed E-state index contributed by atoms with van der Waals surface area (Å²) in [6.07, 6.45) is 3.54. The van der Waals surface area contributed by atoms with E-state index in [9.17, 15) is 9.59 Å². The molecule has 0 bridgehead atoms. The molecule has 0 aromatic carbocycles. The van der Waals surface area contributed by atoms with Gasteiger partial charge in [-0.05, 0) is 33.4 Å². The van der Waals surface area contributed by atoms with Gasteiger partial charge >= 0.3 is 11.9 Å². The minimum absolute atomic E-state index is 0.296. The van der Waals surface area contributed by atoms with E-state index in [1.807, 2.05) is 6.20 Å². The number of carbonyl (C=O) groups is 2. The molecule has 0 aliphatic heterocycles. The second-order valence-corrected chi connectivity index (χ2v) is 5.03. The quantitative estimate of drug-likeness (QED) is 0.534. The van der Waals surface area contributed by atoms with Crippen LogP contribution in [0.15, 0.2) is 6.20 Å². The number of methoxy groups -OCH3 is 2. The Labute approximate surface area is 135 Å². The van der Waals surface area contributed by atoms with Crippen molar-refractivity contribution < 1.29 is 19.1 Å². The Morgan fingerprint density at radius 1 is 1.13 bits per heavy atom. The smallest absolute Gasteiger partial charge is 0.322 e. The summed E-state index contributed by atoms with van der Waals surface area (Å²) < 4.78 is 11.1. The number of aryl methyl sites for hydroxylation is 2. The third-order valence-corrected chi connectivity index (χ3v) is 3.59. The van der Waals surface area contributed by atoms with Crippen molar-refractivity contribution >= 4 is 11.9 Å². The second kappa shape index (κ2) is 9.90. The van der Waals surface area contributed by atoms with Crippen LogP contribution in [0.2, 0.25) is 0 Å². The summed E-state index contributed by atoms with van der Waals surface area (Å²) in [7, 11) is 6.14. The lowest BCUT2D eigenvalue weighted by molar-refractivity contribution is -0.144. The van der Waals surface area contributed by atoms with E-state index in [4.69, 9.17) is 9.47 Å². The maximum Gasteiger partial charge on any atom is 0.322 e. The molecule has 1 rings (SSSR count). The summed E-state index contributed by atoms with van der Waals surface area (Å²) in [5.74, 6) is -0.599. The van der Waals surface area contributed by atoms with E-state index in [0.29, 0.717) is 25.8 Å². The predicted molar refractivity (Wildman–Crippen MR) is 82.7 cm³/mol. The molecule has 9 heteroatoms. The lowest BCUT2D eigenvalue weighted by atomic mass is 10.1. The van der Waals surface area contributed by atoms with Gasteiger partial charge in [0.1, 0.15) is 12.1 Å². The Hall–Kier alpha value is -2.00. The first-order chi connectivity index (χ1) is 11.0. The van der Waals surface area contributed by atoms with Crippen LogP contribution >= 0.6 is 0 Å². The minimum Gasteiger partial charge on any atom is -0.468 e. The standard InChI is InChI=1S/C14H25N5O4/c1-15-11(13(20)22-3)6-5-10-9-19(18-17-10)8-7-12(16-2)14(21)23-4/h9,11-12,15-16H,5-8H2,1-4H3. The lowest BCUT2D eigenvalue weighted by Gasteiger charge is -2.13. The summed E-state index contributed by atoms with van der Waals surface area (Å²) >= 11 is 0. The lowest BCUT2D eigenvalue weighted by Crippen LogP contribution is -2.36. The van der Waals surface area contributed by atoms with Crippen LogP contribution in [0.1, 0.15) is 18.5 Å². The van der Waals surface area contributed by atoms with E-state index in [1.54, 1.807) is 18.8 Å². The fourth-order valence-corrected chi connectivity index (χ4v) is 2.16. The van der Waals surface area contributed by atoms with Crippen LogP contribution in [-0.4, -0.2) is 67.3 Å². The zero-order valence-electron chi connectivity index (χ0n) is 14.0. The molecular formula is C14H25N5O4. The average molecular weight is 327 g/mol. The normalized spacial score (nSPS) is 13.4. The number of nitrogens with zero attached hydrogens (tertiary/aromatic N) is 3. The highest BCUT2D eigenvalue weighted by molar-refractivity contribution is 5.75. The predicted octanol–water partition coefficient (Wildman–Crippen LogP) is -0.877. The highest BCUT2D eigenvalue weighted by Gasteiger charge is 2.18. The van der Waals surface area contributed by atoms with Gasteiger partial charge in [0.2, 0.25) is 0 Å². The molecule has 0 radical (unpaired) electrons. The van der Waals surface area contributed by atoms with E-state index in [0.717, 1.165) is 5.69 Å². The number of ether oxygens (including phenoxy) is 2. The molecule has 2 N–H and O–H groups in total. The number of hydrogen-bond acceptors (Lipinski definition) is 8. The monoisotopic (exact) mass is 327 g/mol. The summed E-state index contributed by atoms with van der Waals surface area (Å²) in [5.41, 5.74) is 0.785. The maximum absolute atomic E-state index is 11.5. The van der Waals surface area contributed by atoms with Crippen molar-refractivity contribution in [2.24, 2.45) is 0 Å². The molecular weight excluding hydrogens is 302 g/mol. The molecule has 0 amide bonds. The molecule has 0 saturated heterocycles. The summed E-state index contributed by atoms with van der Waals surface area (Å²) in [6, 6.07) is -0.737. The van der Waals surface area contributed by atoms with Gasteiger partial charge in [-0.1, -0.05) is 5.21 Å². The first-order valence-corrected chi connectivity index (χ1v) is 7.44. The van der Waals surface area contributed by atoms with Gasteiger partial charge in [-0.15, -0.1) is 5.10 Å². The van der Waals surface area contributed by atoms with E-state index in [1.165, 1.54) is 14.2 Å². The summed E-state index contributed by atoms with van der Waals surface area (Å²) in [4.78, 5) is 23.0. The Balaban J connectivity index is 2.48. The van der Waals surface area contributed by atoms with Gasteiger partial charge in [-0.2, -0.15) is 0 Å². The van der Waals surface area contributed by atoms with Crippen molar-refractivity contribution in [3.05, 3.63) is 11.9 Å². The van der Waals surface area contributed by atoms with Gasteiger partial charge in [-0.25, -0.2) is 0 Å². The number of nitrogens with one attached hydrogen (secondary N) is 2. The molecule has 9 nitrogen and oxygen atoms in total. The van der Waals surface area contributed by atoms with Crippen LogP contribution < -0.4 is 10.6 Å². The van der Waals surface area contributed by atoms with Crippen LogP contribution in [-0.2, 0) is 32.0 Å². The molecule has 0 aliphatic rings. The van der Waals surface area contributed by atoms with Crippen molar-refractivity contribution in [3.63, 3.8) is 0 Å². The molecule has 1 heterocycles. The van der Waals surface area contributed by atoms with Crippen LogP contribution in [0, 0.1) is 0 Å². The van der Waals surface area contributed by atoms with E-state index in [2.05, 4.69) is 20.9 Å². The van der Waals surface area contributed by atoms with Gasteiger partial charge in [0.05, 0.1) is 19.9 Å². The highest BCUT2D eigenvalue weighted by Crippen LogP contribution is 2.04. The van der Waals surface area contributed by atoms with Crippen LogP contribution in [0.5, 0.6) is 0 Å². The Morgan fingerprint density at radius 3 is 2.22 bits per heavy atom.